The summed E-state index contributed by atoms with van der Waals surface area (Å²) in [4.78, 5) is 4.61. The third kappa shape index (κ3) is 7.02. The van der Waals surface area contributed by atoms with Gasteiger partial charge in [0.1, 0.15) is 5.04 Å². The van der Waals surface area contributed by atoms with E-state index in [0.717, 1.165) is 23.8 Å². The van der Waals surface area contributed by atoms with Crippen LogP contribution in [-0.4, -0.2) is 16.5 Å². The molecule has 0 aromatic carbocycles. The Labute approximate surface area is 159 Å². The number of thioether (sulfide) groups is 1. The lowest BCUT2D eigenvalue weighted by Crippen LogP contribution is -2.10. The average molecular weight is 384 g/mol. The van der Waals surface area contributed by atoms with Crippen LogP contribution in [0.15, 0.2) is 64.4 Å². The van der Waals surface area contributed by atoms with Gasteiger partial charge in [0.05, 0.1) is 16.5 Å². The van der Waals surface area contributed by atoms with Crippen molar-refractivity contribution in [3.05, 3.63) is 59.4 Å². The van der Waals surface area contributed by atoms with Crippen molar-refractivity contribution in [2.24, 2.45) is 10.9 Å². The van der Waals surface area contributed by atoms with Gasteiger partial charge in [0.2, 0.25) is 0 Å². The Hall–Kier alpha value is -1.49. The summed E-state index contributed by atoms with van der Waals surface area (Å²) in [7, 11) is 0. The highest BCUT2D eigenvalue weighted by Crippen LogP contribution is 2.35. The van der Waals surface area contributed by atoms with Gasteiger partial charge in [-0.25, -0.2) is 4.99 Å². The molecule has 26 heavy (non-hydrogen) atoms. The molecular weight excluding hydrogens is 355 g/mol. The van der Waals surface area contributed by atoms with E-state index in [2.05, 4.69) is 37.6 Å². The average Bonchev–Trinajstić information content (AvgIpc) is 2.91. The van der Waals surface area contributed by atoms with Crippen LogP contribution in [-0.2, 0) is 0 Å². The maximum atomic E-state index is 12.9. The van der Waals surface area contributed by atoms with Crippen LogP contribution in [0.25, 0.3) is 0 Å². The van der Waals surface area contributed by atoms with Crippen LogP contribution in [0, 0.1) is 5.92 Å². The standard InChI is InChI=1S/C21H28F3NS/c1-7-9-18(21(22,23)24)13-12-16(5)20-25-19(17(6)26-20)15(4)11-8-10-14(2)3/h8-9,11-14,17H,5,7,10H2,1-4,6H3/b11-8-,13-12-,18-9+,19-15+. The molecule has 5 heteroatoms. The van der Waals surface area contributed by atoms with Crippen molar-refractivity contribution in [2.75, 3.05) is 0 Å². The normalized spacial score (nSPS) is 21.2. The maximum absolute atomic E-state index is 12.9. The van der Waals surface area contributed by atoms with Crippen molar-refractivity contribution in [1.82, 2.24) is 0 Å². The van der Waals surface area contributed by atoms with Gasteiger partial charge in [0, 0.05) is 0 Å². The van der Waals surface area contributed by atoms with E-state index in [-0.39, 0.29) is 5.25 Å². The molecule has 1 nitrogen and oxygen atoms in total. The lowest BCUT2D eigenvalue weighted by Gasteiger charge is -2.07. The monoisotopic (exact) mass is 383 g/mol. The Morgan fingerprint density at radius 2 is 1.92 bits per heavy atom. The summed E-state index contributed by atoms with van der Waals surface area (Å²) in [6.07, 6.45) is 4.84. The minimum absolute atomic E-state index is 0.159. The smallest absolute Gasteiger partial charge is 0.244 e. The van der Waals surface area contributed by atoms with E-state index in [1.165, 1.54) is 23.9 Å². The lowest BCUT2D eigenvalue weighted by molar-refractivity contribution is -0.0884. The molecule has 0 aromatic rings. The molecule has 0 radical (unpaired) electrons. The SMILES string of the molecule is C=C(/C=C\C(=C/CC)C(F)(F)F)C1=N/C(=C(C)/C=C\CC(C)C)C(C)S1. The molecule has 1 rings (SSSR count). The number of halogens is 3. The fourth-order valence-corrected chi connectivity index (χ4v) is 3.42. The van der Waals surface area contributed by atoms with E-state index in [0.29, 0.717) is 23.0 Å². The van der Waals surface area contributed by atoms with Gasteiger partial charge in [-0.05, 0) is 49.8 Å². The summed E-state index contributed by atoms with van der Waals surface area (Å²) >= 11 is 1.53. The zero-order valence-corrected chi connectivity index (χ0v) is 17.0. The van der Waals surface area contributed by atoms with Crippen LogP contribution in [0.1, 0.15) is 47.5 Å². The van der Waals surface area contributed by atoms with Crippen LogP contribution in [0.4, 0.5) is 13.2 Å². The summed E-state index contributed by atoms with van der Waals surface area (Å²) in [5.74, 6) is 0.599. The fourth-order valence-electron chi connectivity index (χ4n) is 2.37. The van der Waals surface area contributed by atoms with Crippen molar-refractivity contribution in [3.8, 4) is 0 Å². The first kappa shape index (κ1) is 22.6. The highest BCUT2D eigenvalue weighted by Gasteiger charge is 2.31. The van der Waals surface area contributed by atoms with E-state index >= 15 is 0 Å². The number of hydrogen-bond donors (Lipinski definition) is 0. The topological polar surface area (TPSA) is 12.4 Å². The van der Waals surface area contributed by atoms with Crippen LogP contribution in [0.3, 0.4) is 0 Å². The van der Waals surface area contributed by atoms with Gasteiger partial charge in [-0.1, -0.05) is 63.4 Å². The van der Waals surface area contributed by atoms with Crippen LogP contribution < -0.4 is 0 Å². The molecule has 0 bridgehead atoms. The van der Waals surface area contributed by atoms with E-state index in [1.807, 2.05) is 13.8 Å². The van der Waals surface area contributed by atoms with Gasteiger partial charge >= 0.3 is 6.18 Å². The second-order valence-corrected chi connectivity index (χ2v) is 8.03. The molecular formula is C21H28F3NS. The number of alkyl halides is 3. The molecule has 1 unspecified atom stereocenters. The number of hydrogen-bond acceptors (Lipinski definition) is 2. The largest absolute Gasteiger partial charge is 0.416 e. The molecule has 0 spiro atoms. The molecule has 1 atom stereocenters. The highest BCUT2D eigenvalue weighted by atomic mass is 32.2. The Balaban J connectivity index is 2.96. The molecule has 0 saturated heterocycles. The minimum Gasteiger partial charge on any atom is -0.244 e. The van der Waals surface area contributed by atoms with Crippen molar-refractivity contribution in [2.45, 2.75) is 58.9 Å². The molecule has 0 aliphatic carbocycles. The fraction of sp³-hybridized carbons (Fsp3) is 0.476. The minimum atomic E-state index is -4.35. The summed E-state index contributed by atoms with van der Waals surface area (Å²) < 4.78 is 38.8. The van der Waals surface area contributed by atoms with E-state index in [4.69, 9.17) is 0 Å². The first-order chi connectivity index (χ1) is 12.1. The predicted molar refractivity (Wildman–Crippen MR) is 108 cm³/mol. The van der Waals surface area contributed by atoms with Crippen molar-refractivity contribution >= 4 is 16.8 Å². The van der Waals surface area contributed by atoms with Gasteiger partial charge in [-0.2, -0.15) is 13.2 Å². The third-order valence-corrected chi connectivity index (χ3v) is 4.92. The van der Waals surface area contributed by atoms with E-state index in [1.54, 1.807) is 6.92 Å². The Bertz CT molecular complexity index is 661. The van der Waals surface area contributed by atoms with Gasteiger partial charge in [-0.3, -0.25) is 0 Å². The second-order valence-electron chi connectivity index (χ2n) is 6.70. The van der Waals surface area contributed by atoms with Crippen molar-refractivity contribution < 1.29 is 13.2 Å². The number of nitrogens with zero attached hydrogens (tertiary/aromatic N) is 1. The zero-order valence-electron chi connectivity index (χ0n) is 16.2. The third-order valence-electron chi connectivity index (χ3n) is 3.76. The van der Waals surface area contributed by atoms with E-state index in [9.17, 15) is 13.2 Å². The molecule has 1 heterocycles. The van der Waals surface area contributed by atoms with Gasteiger partial charge < -0.3 is 0 Å². The van der Waals surface area contributed by atoms with Gasteiger partial charge in [0.15, 0.2) is 0 Å². The Morgan fingerprint density at radius 1 is 1.27 bits per heavy atom. The molecule has 0 amide bonds. The molecule has 144 valence electrons. The summed E-state index contributed by atoms with van der Waals surface area (Å²) in [5, 5.41) is 0.838. The lowest BCUT2D eigenvalue weighted by atomic mass is 10.1. The number of aliphatic imine (C=N–C) groups is 1. The molecule has 1 aliphatic rings. The molecule has 0 fully saturated rings. The molecule has 1 aliphatic heterocycles. The highest BCUT2D eigenvalue weighted by molar-refractivity contribution is 8.15. The van der Waals surface area contributed by atoms with Crippen LogP contribution >= 0.6 is 11.8 Å². The van der Waals surface area contributed by atoms with Gasteiger partial charge in [-0.15, -0.1) is 0 Å². The van der Waals surface area contributed by atoms with Gasteiger partial charge in [0.25, 0.3) is 0 Å². The zero-order chi connectivity index (χ0) is 19.9. The molecule has 0 aromatic heterocycles. The number of allylic oxidation sites excluding steroid dienone is 7. The Kier molecular flexibility index (Phi) is 8.68. The first-order valence-corrected chi connectivity index (χ1v) is 9.71. The second kappa shape index (κ2) is 10.0. The number of rotatable bonds is 7. The summed E-state index contributed by atoms with van der Waals surface area (Å²) in [5.41, 5.74) is 1.89. The first-order valence-electron chi connectivity index (χ1n) is 8.83. The quantitative estimate of drug-likeness (QED) is 0.417. The van der Waals surface area contributed by atoms with Crippen LogP contribution in [0.2, 0.25) is 0 Å². The van der Waals surface area contributed by atoms with E-state index < -0.39 is 11.7 Å². The summed E-state index contributed by atoms with van der Waals surface area (Å²) in [6, 6.07) is 0. The molecule has 0 N–H and O–H groups in total. The van der Waals surface area contributed by atoms with Crippen molar-refractivity contribution in [3.63, 3.8) is 0 Å². The van der Waals surface area contributed by atoms with Crippen molar-refractivity contribution in [1.29, 1.82) is 0 Å². The Morgan fingerprint density at radius 3 is 2.46 bits per heavy atom. The predicted octanol–water partition coefficient (Wildman–Crippen LogP) is 7.41. The summed E-state index contributed by atoms with van der Waals surface area (Å²) in [6.45, 7) is 14.0. The maximum Gasteiger partial charge on any atom is 0.416 e. The molecule has 0 saturated carbocycles. The van der Waals surface area contributed by atoms with Crippen LogP contribution in [0.5, 0.6) is 0 Å².